The normalized spacial score (nSPS) is 14.0. The van der Waals surface area contributed by atoms with Gasteiger partial charge >= 0.3 is 0 Å². The molecule has 1 aliphatic heterocycles. The Labute approximate surface area is 178 Å². The summed E-state index contributed by atoms with van der Waals surface area (Å²) in [6.07, 6.45) is 4.92. The van der Waals surface area contributed by atoms with Crippen molar-refractivity contribution >= 4 is 22.9 Å². The lowest BCUT2D eigenvalue weighted by Gasteiger charge is -2.27. The van der Waals surface area contributed by atoms with E-state index in [9.17, 15) is 0 Å². The van der Waals surface area contributed by atoms with Crippen LogP contribution in [0, 0.1) is 0 Å². The van der Waals surface area contributed by atoms with E-state index in [1.54, 1.807) is 11.3 Å². The molecular weight excluding hydrogens is 400 g/mol. The fourth-order valence-electron chi connectivity index (χ4n) is 3.56. The van der Waals surface area contributed by atoms with Gasteiger partial charge in [0.05, 0.1) is 5.69 Å². The van der Waals surface area contributed by atoms with Crippen molar-refractivity contribution in [3.8, 4) is 22.0 Å². The van der Waals surface area contributed by atoms with Crippen LogP contribution in [0.4, 0.5) is 0 Å². The highest BCUT2D eigenvalue weighted by Crippen LogP contribution is 2.28. The standard InChI is InChI=1S/C23H19ClN4S/c24-19-8-6-17(7-9-19)23-26-13-20(29-23)15-28-11-10-21-18(14-28)12-25-22(27-21)16-4-2-1-3-5-16/h1-9,12-13H,10-11,14-15H2. The van der Waals surface area contributed by atoms with Gasteiger partial charge in [-0.1, -0.05) is 54.1 Å². The quantitative estimate of drug-likeness (QED) is 0.440. The van der Waals surface area contributed by atoms with E-state index >= 15 is 0 Å². The number of benzene rings is 2. The number of thiazole rings is 1. The Hall–Kier alpha value is -2.60. The van der Waals surface area contributed by atoms with E-state index in [1.165, 1.54) is 16.1 Å². The molecule has 0 radical (unpaired) electrons. The van der Waals surface area contributed by atoms with E-state index in [1.807, 2.05) is 54.9 Å². The number of aromatic nitrogens is 3. The van der Waals surface area contributed by atoms with Gasteiger partial charge in [-0.15, -0.1) is 11.3 Å². The molecule has 0 aliphatic carbocycles. The Bertz CT molecular complexity index is 1130. The van der Waals surface area contributed by atoms with E-state index in [0.29, 0.717) is 0 Å². The van der Waals surface area contributed by atoms with Crippen LogP contribution in [0.15, 0.2) is 67.0 Å². The van der Waals surface area contributed by atoms with Crippen LogP contribution in [0.1, 0.15) is 16.1 Å². The fraction of sp³-hybridized carbons (Fsp3) is 0.174. The molecule has 0 fully saturated rings. The van der Waals surface area contributed by atoms with Crippen LogP contribution in [0.25, 0.3) is 22.0 Å². The third-order valence-corrected chi connectivity index (χ3v) is 6.35. The first-order valence-corrected chi connectivity index (χ1v) is 10.8. The molecule has 0 bridgehead atoms. The van der Waals surface area contributed by atoms with Crippen molar-refractivity contribution < 1.29 is 0 Å². The summed E-state index contributed by atoms with van der Waals surface area (Å²) in [7, 11) is 0. The van der Waals surface area contributed by atoms with Crippen LogP contribution >= 0.6 is 22.9 Å². The SMILES string of the molecule is Clc1ccc(-c2ncc(CN3CCc4nc(-c5ccccc5)ncc4C3)s2)cc1. The number of hydrogen-bond donors (Lipinski definition) is 0. The third kappa shape index (κ3) is 4.08. The largest absolute Gasteiger partial charge is 0.293 e. The summed E-state index contributed by atoms with van der Waals surface area (Å²) in [4.78, 5) is 17.7. The molecule has 4 nitrogen and oxygen atoms in total. The van der Waals surface area contributed by atoms with Crippen molar-refractivity contribution in [3.05, 3.63) is 88.1 Å². The predicted molar refractivity (Wildman–Crippen MR) is 118 cm³/mol. The molecule has 144 valence electrons. The summed E-state index contributed by atoms with van der Waals surface area (Å²) in [5.41, 5.74) is 4.56. The van der Waals surface area contributed by atoms with Crippen molar-refractivity contribution in [2.75, 3.05) is 6.54 Å². The minimum Gasteiger partial charge on any atom is -0.293 e. The summed E-state index contributed by atoms with van der Waals surface area (Å²) < 4.78 is 0. The molecule has 0 saturated carbocycles. The molecule has 2 aromatic heterocycles. The maximum absolute atomic E-state index is 5.99. The zero-order chi connectivity index (χ0) is 19.6. The first-order valence-electron chi connectivity index (χ1n) is 9.58. The van der Waals surface area contributed by atoms with Crippen LogP contribution in [0.2, 0.25) is 5.02 Å². The Morgan fingerprint density at radius 3 is 2.59 bits per heavy atom. The van der Waals surface area contributed by atoms with Gasteiger partial charge in [-0.25, -0.2) is 15.0 Å². The summed E-state index contributed by atoms with van der Waals surface area (Å²) in [6, 6.07) is 18.0. The lowest BCUT2D eigenvalue weighted by Crippen LogP contribution is -2.30. The number of rotatable bonds is 4. The molecule has 4 aromatic rings. The minimum atomic E-state index is 0.746. The van der Waals surface area contributed by atoms with Gasteiger partial charge in [0.2, 0.25) is 0 Å². The van der Waals surface area contributed by atoms with E-state index < -0.39 is 0 Å². The minimum absolute atomic E-state index is 0.746. The molecule has 0 saturated heterocycles. The van der Waals surface area contributed by atoms with Gasteiger partial charge in [-0.3, -0.25) is 4.90 Å². The predicted octanol–water partition coefficient (Wildman–Crippen LogP) is 5.48. The zero-order valence-electron chi connectivity index (χ0n) is 15.8. The highest BCUT2D eigenvalue weighted by atomic mass is 35.5. The number of halogens is 1. The van der Waals surface area contributed by atoms with E-state index in [-0.39, 0.29) is 0 Å². The molecule has 0 spiro atoms. The molecule has 0 amide bonds. The molecule has 6 heteroatoms. The van der Waals surface area contributed by atoms with Crippen molar-refractivity contribution in [2.24, 2.45) is 0 Å². The molecular formula is C23H19ClN4S. The second kappa shape index (κ2) is 8.03. The van der Waals surface area contributed by atoms with Crippen LogP contribution in [-0.2, 0) is 19.5 Å². The first-order chi connectivity index (χ1) is 14.2. The maximum atomic E-state index is 5.99. The maximum Gasteiger partial charge on any atom is 0.159 e. The molecule has 29 heavy (non-hydrogen) atoms. The number of nitrogens with zero attached hydrogens (tertiary/aromatic N) is 4. The monoisotopic (exact) mass is 418 g/mol. The second-order valence-electron chi connectivity index (χ2n) is 7.13. The molecule has 1 aliphatic rings. The van der Waals surface area contributed by atoms with Gasteiger partial charge in [0.25, 0.3) is 0 Å². The van der Waals surface area contributed by atoms with Gasteiger partial charge in [-0.2, -0.15) is 0 Å². The van der Waals surface area contributed by atoms with E-state index in [4.69, 9.17) is 16.6 Å². The van der Waals surface area contributed by atoms with Crippen LogP contribution in [-0.4, -0.2) is 26.4 Å². The third-order valence-electron chi connectivity index (χ3n) is 5.07. The summed E-state index contributed by atoms with van der Waals surface area (Å²) in [5.74, 6) is 0.813. The van der Waals surface area contributed by atoms with E-state index in [2.05, 4.69) is 27.0 Å². The smallest absolute Gasteiger partial charge is 0.159 e. The highest BCUT2D eigenvalue weighted by molar-refractivity contribution is 7.15. The molecule has 0 atom stereocenters. The summed E-state index contributed by atoms with van der Waals surface area (Å²) >= 11 is 7.72. The Kier molecular flexibility index (Phi) is 5.10. The topological polar surface area (TPSA) is 41.9 Å². The summed E-state index contributed by atoms with van der Waals surface area (Å²) in [5, 5.41) is 1.78. The fourth-order valence-corrected chi connectivity index (χ4v) is 4.65. The lowest BCUT2D eigenvalue weighted by atomic mass is 10.1. The van der Waals surface area contributed by atoms with Gasteiger partial charge in [0.1, 0.15) is 5.01 Å². The van der Waals surface area contributed by atoms with Crippen molar-refractivity contribution in [1.82, 2.24) is 19.9 Å². The van der Waals surface area contributed by atoms with Crippen molar-refractivity contribution in [1.29, 1.82) is 0 Å². The van der Waals surface area contributed by atoms with Crippen LogP contribution in [0.5, 0.6) is 0 Å². The van der Waals surface area contributed by atoms with Gasteiger partial charge < -0.3 is 0 Å². The summed E-state index contributed by atoms with van der Waals surface area (Å²) in [6.45, 7) is 2.76. The molecule has 0 unspecified atom stereocenters. The van der Waals surface area contributed by atoms with Gasteiger partial charge in [-0.05, 0) is 12.1 Å². The van der Waals surface area contributed by atoms with Crippen LogP contribution < -0.4 is 0 Å². The highest BCUT2D eigenvalue weighted by Gasteiger charge is 2.20. The number of fused-ring (bicyclic) bond motifs is 1. The van der Waals surface area contributed by atoms with Gasteiger partial charge in [0, 0.05) is 65.0 Å². The molecule has 5 rings (SSSR count). The zero-order valence-corrected chi connectivity index (χ0v) is 17.3. The van der Waals surface area contributed by atoms with Crippen molar-refractivity contribution in [2.45, 2.75) is 19.5 Å². The average Bonchev–Trinajstić information content (AvgIpc) is 3.23. The second-order valence-corrected chi connectivity index (χ2v) is 8.68. The van der Waals surface area contributed by atoms with Crippen LogP contribution in [0.3, 0.4) is 0 Å². The van der Waals surface area contributed by atoms with E-state index in [0.717, 1.165) is 53.0 Å². The van der Waals surface area contributed by atoms with Crippen molar-refractivity contribution in [3.63, 3.8) is 0 Å². The van der Waals surface area contributed by atoms with Gasteiger partial charge in [0.15, 0.2) is 5.82 Å². The first kappa shape index (κ1) is 18.4. The Morgan fingerprint density at radius 1 is 0.931 bits per heavy atom. The number of hydrogen-bond acceptors (Lipinski definition) is 5. The Balaban J connectivity index is 1.29. The Morgan fingerprint density at radius 2 is 1.76 bits per heavy atom. The molecule has 2 aromatic carbocycles. The lowest BCUT2D eigenvalue weighted by molar-refractivity contribution is 0.245. The molecule has 0 N–H and O–H groups in total. The average molecular weight is 419 g/mol. The molecule has 3 heterocycles.